The van der Waals surface area contributed by atoms with Gasteiger partial charge in [-0.15, -0.1) is 0 Å². The second-order valence-corrected chi connectivity index (χ2v) is 5.60. The third-order valence-electron chi connectivity index (χ3n) is 3.81. The zero-order valence-corrected chi connectivity index (χ0v) is 13.4. The van der Waals surface area contributed by atoms with E-state index in [9.17, 15) is 4.39 Å². The minimum absolute atomic E-state index is 0.225. The SMILES string of the molecule is COc1ccc(COc2cc(C)nc(N3CCCC3)n2)cc1F. The van der Waals surface area contributed by atoms with Crippen LogP contribution in [-0.2, 0) is 6.61 Å². The van der Waals surface area contributed by atoms with Gasteiger partial charge in [0.2, 0.25) is 11.8 Å². The van der Waals surface area contributed by atoms with Gasteiger partial charge in [0.15, 0.2) is 11.6 Å². The summed E-state index contributed by atoms with van der Waals surface area (Å²) in [6.07, 6.45) is 2.33. The fraction of sp³-hybridized carbons (Fsp3) is 0.412. The fourth-order valence-corrected chi connectivity index (χ4v) is 2.61. The first kappa shape index (κ1) is 15.5. The Balaban J connectivity index is 1.71. The Morgan fingerprint density at radius 3 is 2.65 bits per heavy atom. The lowest BCUT2D eigenvalue weighted by molar-refractivity contribution is 0.292. The summed E-state index contributed by atoms with van der Waals surface area (Å²) < 4.78 is 24.3. The van der Waals surface area contributed by atoms with Gasteiger partial charge in [-0.2, -0.15) is 4.98 Å². The molecule has 0 bridgehead atoms. The van der Waals surface area contributed by atoms with Gasteiger partial charge < -0.3 is 14.4 Å². The van der Waals surface area contributed by atoms with Gasteiger partial charge in [-0.25, -0.2) is 9.37 Å². The molecule has 1 saturated heterocycles. The van der Waals surface area contributed by atoms with Gasteiger partial charge in [-0.05, 0) is 37.5 Å². The van der Waals surface area contributed by atoms with E-state index in [1.807, 2.05) is 6.92 Å². The number of anilines is 1. The molecule has 1 aromatic heterocycles. The van der Waals surface area contributed by atoms with Crippen molar-refractivity contribution in [3.05, 3.63) is 41.3 Å². The van der Waals surface area contributed by atoms with Crippen LogP contribution in [0.25, 0.3) is 0 Å². The van der Waals surface area contributed by atoms with E-state index in [-0.39, 0.29) is 12.4 Å². The fourth-order valence-electron chi connectivity index (χ4n) is 2.61. The molecule has 1 aromatic carbocycles. The molecule has 0 unspecified atom stereocenters. The lowest BCUT2D eigenvalue weighted by atomic mass is 10.2. The minimum Gasteiger partial charge on any atom is -0.494 e. The first-order chi connectivity index (χ1) is 11.2. The monoisotopic (exact) mass is 317 g/mol. The number of aromatic nitrogens is 2. The molecule has 0 amide bonds. The highest BCUT2D eigenvalue weighted by Crippen LogP contribution is 2.22. The summed E-state index contributed by atoms with van der Waals surface area (Å²) in [5.41, 5.74) is 1.58. The molecule has 1 fully saturated rings. The van der Waals surface area contributed by atoms with Crippen LogP contribution in [0.3, 0.4) is 0 Å². The topological polar surface area (TPSA) is 47.5 Å². The van der Waals surface area contributed by atoms with Crippen molar-refractivity contribution in [2.75, 3.05) is 25.1 Å². The Labute approximate surface area is 135 Å². The van der Waals surface area contributed by atoms with Gasteiger partial charge in [-0.1, -0.05) is 6.07 Å². The highest BCUT2D eigenvalue weighted by atomic mass is 19.1. The number of nitrogens with zero attached hydrogens (tertiary/aromatic N) is 3. The molecular formula is C17H20FN3O2. The van der Waals surface area contributed by atoms with E-state index in [4.69, 9.17) is 9.47 Å². The highest BCUT2D eigenvalue weighted by Gasteiger charge is 2.16. The average Bonchev–Trinajstić information content (AvgIpc) is 3.07. The number of methoxy groups -OCH3 is 1. The molecule has 0 saturated carbocycles. The van der Waals surface area contributed by atoms with E-state index >= 15 is 0 Å². The molecule has 6 heteroatoms. The molecule has 23 heavy (non-hydrogen) atoms. The maximum Gasteiger partial charge on any atom is 0.228 e. The Kier molecular flexibility index (Phi) is 4.60. The predicted octanol–water partition coefficient (Wildman–Crippen LogP) is 3.11. The van der Waals surface area contributed by atoms with E-state index in [0.29, 0.717) is 11.8 Å². The maximum absolute atomic E-state index is 13.7. The molecule has 0 atom stereocenters. The number of hydrogen-bond donors (Lipinski definition) is 0. The summed E-state index contributed by atoms with van der Waals surface area (Å²) in [5.74, 6) is 1.04. The molecule has 0 spiro atoms. The summed E-state index contributed by atoms with van der Waals surface area (Å²) in [6, 6.07) is 6.57. The quantitative estimate of drug-likeness (QED) is 0.848. The van der Waals surface area contributed by atoms with Crippen molar-refractivity contribution in [3.8, 4) is 11.6 Å². The van der Waals surface area contributed by atoms with Crippen molar-refractivity contribution >= 4 is 5.95 Å². The molecule has 1 aliphatic rings. The third kappa shape index (κ3) is 3.70. The first-order valence-electron chi connectivity index (χ1n) is 7.71. The van der Waals surface area contributed by atoms with Gasteiger partial charge in [0.05, 0.1) is 7.11 Å². The Bertz CT molecular complexity index is 688. The van der Waals surface area contributed by atoms with E-state index in [1.54, 1.807) is 18.2 Å². The average molecular weight is 317 g/mol. The van der Waals surface area contributed by atoms with Crippen molar-refractivity contribution in [1.82, 2.24) is 9.97 Å². The van der Waals surface area contributed by atoms with Crippen molar-refractivity contribution in [3.63, 3.8) is 0 Å². The first-order valence-corrected chi connectivity index (χ1v) is 7.71. The third-order valence-corrected chi connectivity index (χ3v) is 3.81. The van der Waals surface area contributed by atoms with Crippen LogP contribution < -0.4 is 14.4 Å². The molecule has 122 valence electrons. The number of halogens is 1. The van der Waals surface area contributed by atoms with Crippen LogP contribution in [0.5, 0.6) is 11.6 Å². The molecule has 0 aliphatic carbocycles. The smallest absolute Gasteiger partial charge is 0.228 e. The second kappa shape index (κ2) is 6.81. The molecular weight excluding hydrogens is 297 g/mol. The van der Waals surface area contributed by atoms with Gasteiger partial charge in [0.25, 0.3) is 0 Å². The summed E-state index contributed by atoms with van der Waals surface area (Å²) in [7, 11) is 1.44. The lowest BCUT2D eigenvalue weighted by Crippen LogP contribution is -2.21. The standard InChI is InChI=1S/C17H20FN3O2/c1-12-9-16(20-17(19-12)21-7-3-4-8-21)23-11-13-5-6-15(22-2)14(18)10-13/h5-6,9-10H,3-4,7-8,11H2,1-2H3. The summed E-state index contributed by atoms with van der Waals surface area (Å²) in [4.78, 5) is 11.1. The summed E-state index contributed by atoms with van der Waals surface area (Å²) >= 11 is 0. The van der Waals surface area contributed by atoms with Crippen LogP contribution in [0.4, 0.5) is 10.3 Å². The van der Waals surface area contributed by atoms with Crippen LogP contribution in [0, 0.1) is 12.7 Å². The van der Waals surface area contributed by atoms with E-state index in [1.165, 1.54) is 26.0 Å². The number of benzene rings is 1. The summed E-state index contributed by atoms with van der Waals surface area (Å²) in [5, 5.41) is 0. The van der Waals surface area contributed by atoms with Gasteiger partial charge in [0, 0.05) is 24.8 Å². The number of ether oxygens (including phenoxy) is 2. The Morgan fingerprint density at radius 1 is 1.17 bits per heavy atom. The largest absolute Gasteiger partial charge is 0.494 e. The highest BCUT2D eigenvalue weighted by molar-refractivity contribution is 5.35. The van der Waals surface area contributed by atoms with Crippen LogP contribution in [-0.4, -0.2) is 30.2 Å². The van der Waals surface area contributed by atoms with Gasteiger partial charge >= 0.3 is 0 Å². The Morgan fingerprint density at radius 2 is 1.96 bits per heavy atom. The Hall–Kier alpha value is -2.37. The molecule has 3 rings (SSSR count). The van der Waals surface area contributed by atoms with Crippen LogP contribution in [0.1, 0.15) is 24.1 Å². The van der Waals surface area contributed by atoms with E-state index in [0.717, 1.165) is 24.3 Å². The van der Waals surface area contributed by atoms with Crippen molar-refractivity contribution < 1.29 is 13.9 Å². The van der Waals surface area contributed by atoms with E-state index < -0.39 is 5.82 Å². The predicted molar refractivity (Wildman–Crippen MR) is 85.5 cm³/mol. The molecule has 5 nitrogen and oxygen atoms in total. The van der Waals surface area contributed by atoms with Crippen molar-refractivity contribution in [2.24, 2.45) is 0 Å². The maximum atomic E-state index is 13.7. The second-order valence-electron chi connectivity index (χ2n) is 5.60. The van der Waals surface area contributed by atoms with Crippen LogP contribution in [0.15, 0.2) is 24.3 Å². The van der Waals surface area contributed by atoms with E-state index in [2.05, 4.69) is 14.9 Å². The molecule has 2 aromatic rings. The zero-order chi connectivity index (χ0) is 16.2. The minimum atomic E-state index is -0.398. The molecule has 2 heterocycles. The molecule has 0 radical (unpaired) electrons. The van der Waals surface area contributed by atoms with Gasteiger partial charge in [-0.3, -0.25) is 0 Å². The number of hydrogen-bond acceptors (Lipinski definition) is 5. The lowest BCUT2D eigenvalue weighted by Gasteiger charge is -2.16. The number of aryl methyl sites for hydroxylation is 1. The zero-order valence-electron chi connectivity index (χ0n) is 13.4. The van der Waals surface area contributed by atoms with Crippen molar-refractivity contribution in [2.45, 2.75) is 26.4 Å². The molecule has 1 aliphatic heterocycles. The number of rotatable bonds is 5. The normalized spacial score (nSPS) is 14.1. The van der Waals surface area contributed by atoms with Crippen LogP contribution in [0.2, 0.25) is 0 Å². The van der Waals surface area contributed by atoms with Gasteiger partial charge in [0.1, 0.15) is 6.61 Å². The molecule has 0 N–H and O–H groups in total. The van der Waals surface area contributed by atoms with Crippen LogP contribution >= 0.6 is 0 Å². The summed E-state index contributed by atoms with van der Waals surface area (Å²) in [6.45, 7) is 4.12. The van der Waals surface area contributed by atoms with Crippen molar-refractivity contribution in [1.29, 1.82) is 0 Å².